The maximum absolute atomic E-state index is 11.5. The van der Waals surface area contributed by atoms with Crippen LogP contribution in [0.5, 0.6) is 0 Å². The maximum Gasteiger partial charge on any atom is 0.311 e. The van der Waals surface area contributed by atoms with Gasteiger partial charge < -0.3 is 10.5 Å². The number of hydrogen-bond donors (Lipinski definition) is 1. The Balaban J connectivity index is 2.51. The molecule has 0 atom stereocenters. The Morgan fingerprint density at radius 2 is 2.00 bits per heavy atom. The molecule has 15 heavy (non-hydrogen) atoms. The summed E-state index contributed by atoms with van der Waals surface area (Å²) in [6.07, 6.45) is 0.335. The van der Waals surface area contributed by atoms with Gasteiger partial charge in [-0.1, -0.05) is 0 Å². The van der Waals surface area contributed by atoms with Gasteiger partial charge in [-0.2, -0.15) is 0 Å². The first-order chi connectivity index (χ1) is 6.90. The van der Waals surface area contributed by atoms with Gasteiger partial charge in [0.15, 0.2) is 0 Å². The van der Waals surface area contributed by atoms with E-state index >= 15 is 0 Å². The van der Waals surface area contributed by atoms with Crippen molar-refractivity contribution in [3.8, 4) is 0 Å². The van der Waals surface area contributed by atoms with E-state index in [4.69, 9.17) is 10.5 Å². The molecule has 1 heterocycles. The number of carbonyl (C=O) groups excluding carboxylic acids is 1. The lowest BCUT2D eigenvalue weighted by molar-refractivity contribution is -0.153. The summed E-state index contributed by atoms with van der Waals surface area (Å²) in [5.74, 6) is -0.187. The summed E-state index contributed by atoms with van der Waals surface area (Å²) >= 11 is 1.56. The second-order valence-corrected chi connectivity index (χ2v) is 5.59. The van der Waals surface area contributed by atoms with Crippen LogP contribution in [0.1, 0.15) is 30.5 Å². The Morgan fingerprint density at radius 3 is 2.47 bits per heavy atom. The zero-order chi connectivity index (χ0) is 11.5. The maximum atomic E-state index is 11.5. The van der Waals surface area contributed by atoms with Crippen molar-refractivity contribution in [1.29, 1.82) is 0 Å². The second-order valence-electron chi connectivity index (χ2n) is 4.34. The summed E-state index contributed by atoms with van der Waals surface area (Å²) in [6.45, 7) is 6.12. The van der Waals surface area contributed by atoms with E-state index in [1.54, 1.807) is 11.3 Å². The molecule has 0 spiro atoms. The quantitative estimate of drug-likeness (QED) is 0.804. The molecular formula is C11H17NO2S. The van der Waals surface area contributed by atoms with Gasteiger partial charge in [-0.05, 0) is 32.9 Å². The average molecular weight is 227 g/mol. The Kier molecular flexibility index (Phi) is 3.88. The number of esters is 1. The Labute approximate surface area is 94.2 Å². The third-order valence-corrected chi connectivity index (χ3v) is 2.76. The average Bonchev–Trinajstić information content (AvgIpc) is 2.48. The molecule has 0 aliphatic heterocycles. The molecule has 0 bridgehead atoms. The van der Waals surface area contributed by atoms with Crippen molar-refractivity contribution in [2.75, 3.05) is 0 Å². The van der Waals surface area contributed by atoms with Gasteiger partial charge in [0, 0.05) is 16.3 Å². The largest absolute Gasteiger partial charge is 0.460 e. The zero-order valence-electron chi connectivity index (χ0n) is 9.37. The van der Waals surface area contributed by atoms with E-state index in [1.165, 1.54) is 0 Å². The highest BCUT2D eigenvalue weighted by molar-refractivity contribution is 7.12. The minimum absolute atomic E-state index is 0.187. The predicted molar refractivity (Wildman–Crippen MR) is 61.8 cm³/mol. The lowest BCUT2D eigenvalue weighted by atomic mass is 10.2. The van der Waals surface area contributed by atoms with E-state index < -0.39 is 5.60 Å². The molecule has 2 N–H and O–H groups in total. The van der Waals surface area contributed by atoms with Crippen LogP contribution < -0.4 is 5.73 Å². The molecule has 1 aromatic rings. The summed E-state index contributed by atoms with van der Waals surface area (Å²) in [5.41, 5.74) is 5.08. The summed E-state index contributed by atoms with van der Waals surface area (Å²) < 4.78 is 5.22. The first-order valence-electron chi connectivity index (χ1n) is 4.90. The minimum atomic E-state index is -0.412. The van der Waals surface area contributed by atoms with Crippen molar-refractivity contribution in [2.24, 2.45) is 5.73 Å². The fourth-order valence-electron chi connectivity index (χ4n) is 1.15. The molecule has 1 aromatic heterocycles. The molecule has 0 saturated carbocycles. The molecule has 84 valence electrons. The van der Waals surface area contributed by atoms with Crippen molar-refractivity contribution in [3.63, 3.8) is 0 Å². The van der Waals surface area contributed by atoms with Crippen LogP contribution >= 0.6 is 11.3 Å². The number of hydrogen-bond acceptors (Lipinski definition) is 4. The molecule has 0 radical (unpaired) electrons. The first-order valence-corrected chi connectivity index (χ1v) is 5.72. The molecule has 0 amide bonds. The molecular weight excluding hydrogens is 210 g/mol. The number of rotatable bonds is 3. The van der Waals surface area contributed by atoms with E-state index in [0.29, 0.717) is 13.0 Å². The van der Waals surface area contributed by atoms with Crippen LogP contribution in [0.15, 0.2) is 12.1 Å². The van der Waals surface area contributed by atoms with Crippen molar-refractivity contribution in [1.82, 2.24) is 0 Å². The van der Waals surface area contributed by atoms with Gasteiger partial charge in [-0.15, -0.1) is 11.3 Å². The third-order valence-electron chi connectivity index (χ3n) is 1.66. The summed E-state index contributed by atoms with van der Waals surface area (Å²) in [7, 11) is 0. The number of ether oxygens (including phenoxy) is 1. The Bertz CT molecular complexity index is 339. The molecule has 0 unspecified atom stereocenters. The van der Waals surface area contributed by atoms with Gasteiger partial charge in [0.2, 0.25) is 0 Å². The first kappa shape index (κ1) is 12.2. The van der Waals surface area contributed by atoms with Crippen LogP contribution in [0.3, 0.4) is 0 Å². The fourth-order valence-corrected chi connectivity index (χ4v) is 2.03. The van der Waals surface area contributed by atoms with Crippen molar-refractivity contribution < 1.29 is 9.53 Å². The van der Waals surface area contributed by atoms with Gasteiger partial charge >= 0.3 is 5.97 Å². The zero-order valence-corrected chi connectivity index (χ0v) is 10.2. The van der Waals surface area contributed by atoms with E-state index in [9.17, 15) is 4.79 Å². The molecule has 0 saturated heterocycles. The number of nitrogens with two attached hydrogens (primary N) is 1. The summed E-state index contributed by atoms with van der Waals surface area (Å²) in [5, 5.41) is 0. The number of carbonyl (C=O) groups is 1. The van der Waals surface area contributed by atoms with E-state index in [1.807, 2.05) is 32.9 Å². The van der Waals surface area contributed by atoms with E-state index in [0.717, 1.165) is 9.75 Å². The van der Waals surface area contributed by atoms with E-state index in [-0.39, 0.29) is 5.97 Å². The standard InChI is InChI=1S/C11H17NO2S/c1-11(2,3)14-10(13)6-8-4-5-9(7-12)15-8/h4-5H,6-7,12H2,1-3H3. The lowest BCUT2D eigenvalue weighted by Crippen LogP contribution is -2.24. The topological polar surface area (TPSA) is 52.3 Å². The second kappa shape index (κ2) is 4.77. The molecule has 0 fully saturated rings. The van der Waals surface area contributed by atoms with Gasteiger partial charge in [0.25, 0.3) is 0 Å². The SMILES string of the molecule is CC(C)(C)OC(=O)Cc1ccc(CN)s1. The summed E-state index contributed by atoms with van der Waals surface area (Å²) in [6, 6.07) is 3.88. The van der Waals surface area contributed by atoms with Crippen LogP contribution in [0, 0.1) is 0 Å². The van der Waals surface area contributed by atoms with Crippen molar-refractivity contribution >= 4 is 17.3 Å². The van der Waals surface area contributed by atoms with E-state index in [2.05, 4.69) is 0 Å². The van der Waals surface area contributed by atoms with Crippen molar-refractivity contribution in [2.45, 2.75) is 39.3 Å². The fraction of sp³-hybridized carbons (Fsp3) is 0.545. The minimum Gasteiger partial charge on any atom is -0.460 e. The van der Waals surface area contributed by atoms with Gasteiger partial charge in [0.05, 0.1) is 6.42 Å². The molecule has 3 nitrogen and oxygen atoms in total. The van der Waals surface area contributed by atoms with Crippen LogP contribution in [0.4, 0.5) is 0 Å². The third kappa shape index (κ3) is 4.44. The van der Waals surface area contributed by atoms with Crippen LogP contribution in [-0.2, 0) is 22.5 Å². The smallest absolute Gasteiger partial charge is 0.311 e. The summed E-state index contributed by atoms with van der Waals surface area (Å²) in [4.78, 5) is 13.6. The highest BCUT2D eigenvalue weighted by Crippen LogP contribution is 2.18. The van der Waals surface area contributed by atoms with Crippen molar-refractivity contribution in [3.05, 3.63) is 21.9 Å². The Morgan fingerprint density at radius 1 is 1.40 bits per heavy atom. The molecule has 0 aliphatic carbocycles. The lowest BCUT2D eigenvalue weighted by Gasteiger charge is -2.19. The van der Waals surface area contributed by atoms with Crippen LogP contribution in [-0.4, -0.2) is 11.6 Å². The molecule has 0 aromatic carbocycles. The molecule has 1 rings (SSSR count). The molecule has 0 aliphatic rings. The van der Waals surface area contributed by atoms with Gasteiger partial charge in [-0.25, -0.2) is 0 Å². The number of thiophene rings is 1. The van der Waals surface area contributed by atoms with Gasteiger partial charge in [-0.3, -0.25) is 4.79 Å². The monoisotopic (exact) mass is 227 g/mol. The van der Waals surface area contributed by atoms with Crippen LogP contribution in [0.2, 0.25) is 0 Å². The van der Waals surface area contributed by atoms with Crippen LogP contribution in [0.25, 0.3) is 0 Å². The predicted octanol–water partition coefficient (Wildman–Crippen LogP) is 2.09. The highest BCUT2D eigenvalue weighted by atomic mass is 32.1. The highest BCUT2D eigenvalue weighted by Gasteiger charge is 2.16. The molecule has 4 heteroatoms. The Hall–Kier alpha value is -0.870. The van der Waals surface area contributed by atoms with Gasteiger partial charge in [0.1, 0.15) is 5.60 Å². The normalized spacial score (nSPS) is 11.5.